The Hall–Kier alpha value is -1.30. The maximum absolute atomic E-state index is 12.2. The first kappa shape index (κ1) is 19.7. The molecule has 1 heterocycles. The normalized spacial score (nSPS) is 18.4. The number of amides is 2. The predicted molar refractivity (Wildman–Crippen MR) is 93.9 cm³/mol. The molecule has 5 nitrogen and oxygen atoms in total. The van der Waals surface area contributed by atoms with Crippen molar-refractivity contribution in [3.05, 3.63) is 34.9 Å². The summed E-state index contributed by atoms with van der Waals surface area (Å²) in [6.07, 6.45) is 2.28. The predicted octanol–water partition coefficient (Wildman–Crippen LogP) is 2.20. The molecule has 1 aromatic carbocycles. The summed E-state index contributed by atoms with van der Waals surface area (Å²) in [4.78, 5) is 23.6. The van der Waals surface area contributed by atoms with Crippen LogP contribution in [0.4, 0.5) is 0 Å². The summed E-state index contributed by atoms with van der Waals surface area (Å²) in [5.41, 5.74) is 0.872. The summed E-state index contributed by atoms with van der Waals surface area (Å²) in [5.74, 6) is -0.213. The topological polar surface area (TPSA) is 70.2 Å². The molecule has 1 unspecified atom stereocenters. The standard InChI is InChI=1S/C16H22ClN3O2.ClH/c1-11(21)19-15(12-4-6-13(17)7-5-12)9-16(22)20-14-3-2-8-18-10-14;/h4-7,14-15,18H,2-3,8-10H2,1H3,(H,19,21)(H,20,22);1H/t14-,15?;/m0./s1. The summed E-state index contributed by atoms with van der Waals surface area (Å²) in [5, 5.41) is 9.74. The van der Waals surface area contributed by atoms with E-state index in [1.54, 1.807) is 12.1 Å². The summed E-state index contributed by atoms with van der Waals surface area (Å²) in [6.45, 7) is 3.26. The number of piperidine rings is 1. The third-order valence-electron chi connectivity index (χ3n) is 3.70. The van der Waals surface area contributed by atoms with Crippen LogP contribution < -0.4 is 16.0 Å². The summed E-state index contributed by atoms with van der Waals surface area (Å²) in [6, 6.07) is 7.01. The van der Waals surface area contributed by atoms with E-state index in [1.165, 1.54) is 6.92 Å². The van der Waals surface area contributed by atoms with E-state index < -0.39 is 0 Å². The number of hydrogen-bond donors (Lipinski definition) is 3. The molecule has 0 radical (unpaired) electrons. The van der Waals surface area contributed by atoms with Crippen molar-refractivity contribution < 1.29 is 9.59 Å². The second kappa shape index (κ2) is 9.75. The molecule has 1 saturated heterocycles. The van der Waals surface area contributed by atoms with E-state index in [1.807, 2.05) is 12.1 Å². The molecule has 2 rings (SSSR count). The zero-order valence-corrected chi connectivity index (χ0v) is 14.7. The van der Waals surface area contributed by atoms with Crippen molar-refractivity contribution >= 4 is 35.8 Å². The van der Waals surface area contributed by atoms with Crippen molar-refractivity contribution in [1.82, 2.24) is 16.0 Å². The number of nitrogens with one attached hydrogen (secondary N) is 3. The number of carbonyl (C=O) groups is 2. The highest BCUT2D eigenvalue weighted by atomic mass is 35.5. The Kier molecular flexibility index (Phi) is 8.37. The molecule has 2 atom stereocenters. The number of halogens is 2. The number of carbonyl (C=O) groups excluding carboxylic acids is 2. The maximum atomic E-state index is 12.2. The molecule has 3 N–H and O–H groups in total. The van der Waals surface area contributed by atoms with Crippen molar-refractivity contribution in [2.75, 3.05) is 13.1 Å². The Bertz CT molecular complexity index is 517. The van der Waals surface area contributed by atoms with Gasteiger partial charge in [0.1, 0.15) is 0 Å². The molecule has 0 aromatic heterocycles. The molecular formula is C16H23Cl2N3O2. The van der Waals surface area contributed by atoms with Crippen LogP contribution in [0.25, 0.3) is 0 Å². The fraction of sp³-hybridized carbons (Fsp3) is 0.500. The molecule has 1 fully saturated rings. The fourth-order valence-corrected chi connectivity index (χ4v) is 2.77. The van der Waals surface area contributed by atoms with Gasteiger partial charge >= 0.3 is 0 Å². The zero-order valence-electron chi connectivity index (χ0n) is 13.1. The van der Waals surface area contributed by atoms with Crippen LogP contribution in [0, 0.1) is 0 Å². The van der Waals surface area contributed by atoms with Gasteiger partial charge in [0.2, 0.25) is 11.8 Å². The van der Waals surface area contributed by atoms with Crippen LogP contribution in [0.3, 0.4) is 0 Å². The van der Waals surface area contributed by atoms with E-state index in [-0.39, 0.29) is 42.7 Å². The van der Waals surface area contributed by atoms with Crippen LogP contribution in [0.15, 0.2) is 24.3 Å². The third-order valence-corrected chi connectivity index (χ3v) is 3.95. The van der Waals surface area contributed by atoms with Crippen LogP contribution in [-0.2, 0) is 9.59 Å². The average molecular weight is 360 g/mol. The van der Waals surface area contributed by atoms with Crippen molar-refractivity contribution in [1.29, 1.82) is 0 Å². The van der Waals surface area contributed by atoms with E-state index in [2.05, 4.69) is 16.0 Å². The lowest BCUT2D eigenvalue weighted by Gasteiger charge is -2.25. The summed E-state index contributed by atoms with van der Waals surface area (Å²) in [7, 11) is 0. The van der Waals surface area contributed by atoms with Gasteiger partial charge < -0.3 is 16.0 Å². The van der Waals surface area contributed by atoms with Crippen LogP contribution in [-0.4, -0.2) is 30.9 Å². The molecule has 7 heteroatoms. The van der Waals surface area contributed by atoms with Gasteiger partial charge in [-0.2, -0.15) is 0 Å². The van der Waals surface area contributed by atoms with Gasteiger partial charge in [-0.05, 0) is 37.1 Å². The van der Waals surface area contributed by atoms with Gasteiger partial charge in [-0.25, -0.2) is 0 Å². The number of benzene rings is 1. The van der Waals surface area contributed by atoms with E-state index >= 15 is 0 Å². The lowest BCUT2D eigenvalue weighted by molar-refractivity contribution is -0.123. The number of hydrogen-bond acceptors (Lipinski definition) is 3. The van der Waals surface area contributed by atoms with Gasteiger partial charge in [-0.15, -0.1) is 12.4 Å². The lowest BCUT2D eigenvalue weighted by Crippen LogP contribution is -2.46. The minimum absolute atomic E-state index is 0. The Morgan fingerprint density at radius 1 is 1.35 bits per heavy atom. The van der Waals surface area contributed by atoms with Crippen molar-refractivity contribution in [2.24, 2.45) is 0 Å². The first-order valence-corrected chi connectivity index (χ1v) is 7.95. The van der Waals surface area contributed by atoms with Crippen molar-refractivity contribution in [3.8, 4) is 0 Å². The van der Waals surface area contributed by atoms with E-state index in [9.17, 15) is 9.59 Å². The van der Waals surface area contributed by atoms with Gasteiger partial charge in [0.25, 0.3) is 0 Å². The highest BCUT2D eigenvalue weighted by Crippen LogP contribution is 2.19. The Morgan fingerprint density at radius 3 is 2.61 bits per heavy atom. The molecule has 1 aliphatic heterocycles. The van der Waals surface area contributed by atoms with Gasteiger partial charge in [0.15, 0.2) is 0 Å². The summed E-state index contributed by atoms with van der Waals surface area (Å²) >= 11 is 5.88. The SMILES string of the molecule is CC(=O)NC(CC(=O)N[C@H]1CCCNC1)c1ccc(Cl)cc1.Cl. The first-order chi connectivity index (χ1) is 10.5. The highest BCUT2D eigenvalue weighted by molar-refractivity contribution is 6.30. The lowest BCUT2D eigenvalue weighted by atomic mass is 10.0. The molecule has 128 valence electrons. The van der Waals surface area contributed by atoms with E-state index in [0.29, 0.717) is 5.02 Å². The number of rotatable bonds is 5. The average Bonchev–Trinajstić information content (AvgIpc) is 2.48. The molecule has 1 aliphatic rings. The van der Waals surface area contributed by atoms with Crippen LogP contribution >= 0.6 is 24.0 Å². The van der Waals surface area contributed by atoms with Crippen LogP contribution in [0.5, 0.6) is 0 Å². The minimum atomic E-state index is -0.341. The van der Waals surface area contributed by atoms with Crippen LogP contribution in [0.2, 0.25) is 5.02 Å². The van der Waals surface area contributed by atoms with Gasteiger partial charge in [-0.3, -0.25) is 9.59 Å². The molecule has 0 bridgehead atoms. The first-order valence-electron chi connectivity index (χ1n) is 7.57. The smallest absolute Gasteiger partial charge is 0.222 e. The second-order valence-electron chi connectivity index (χ2n) is 5.62. The van der Waals surface area contributed by atoms with Gasteiger partial charge in [0.05, 0.1) is 12.5 Å². The molecule has 23 heavy (non-hydrogen) atoms. The van der Waals surface area contributed by atoms with E-state index in [0.717, 1.165) is 31.5 Å². The quantitative estimate of drug-likeness (QED) is 0.754. The molecule has 2 amide bonds. The molecule has 0 saturated carbocycles. The van der Waals surface area contributed by atoms with Crippen molar-refractivity contribution in [3.63, 3.8) is 0 Å². The molecule has 0 aliphatic carbocycles. The highest BCUT2D eigenvalue weighted by Gasteiger charge is 2.20. The zero-order chi connectivity index (χ0) is 15.9. The van der Waals surface area contributed by atoms with Crippen LogP contribution in [0.1, 0.15) is 37.8 Å². The molecule has 1 aromatic rings. The molecular weight excluding hydrogens is 337 g/mol. The van der Waals surface area contributed by atoms with E-state index in [4.69, 9.17) is 11.6 Å². The molecule has 0 spiro atoms. The second-order valence-corrected chi connectivity index (χ2v) is 6.06. The monoisotopic (exact) mass is 359 g/mol. The third kappa shape index (κ3) is 6.77. The van der Waals surface area contributed by atoms with Gasteiger partial charge in [0, 0.05) is 24.5 Å². The maximum Gasteiger partial charge on any atom is 0.222 e. The fourth-order valence-electron chi connectivity index (χ4n) is 2.64. The Morgan fingerprint density at radius 2 is 2.04 bits per heavy atom. The van der Waals surface area contributed by atoms with Gasteiger partial charge in [-0.1, -0.05) is 23.7 Å². The summed E-state index contributed by atoms with van der Waals surface area (Å²) < 4.78 is 0. The Balaban J connectivity index is 0.00000264. The van der Waals surface area contributed by atoms with Crippen molar-refractivity contribution in [2.45, 2.75) is 38.3 Å². The largest absolute Gasteiger partial charge is 0.352 e. The Labute approximate surface area is 148 Å². The minimum Gasteiger partial charge on any atom is -0.352 e.